The predicted molar refractivity (Wildman–Crippen MR) is 91.9 cm³/mol. The molecule has 0 radical (unpaired) electrons. The molecule has 0 bridgehead atoms. The van der Waals surface area contributed by atoms with Crippen molar-refractivity contribution >= 4 is 22.8 Å². The van der Waals surface area contributed by atoms with E-state index < -0.39 is 12.1 Å². The number of hydrogen-bond acceptors (Lipinski definition) is 4. The molecular formula is C19H22N2O3. The first kappa shape index (κ1) is 16.4. The lowest BCUT2D eigenvalue weighted by molar-refractivity contribution is -0.138. The van der Waals surface area contributed by atoms with Gasteiger partial charge in [-0.05, 0) is 45.2 Å². The van der Waals surface area contributed by atoms with Gasteiger partial charge in [0.1, 0.15) is 0 Å². The van der Waals surface area contributed by atoms with Crippen molar-refractivity contribution in [3.05, 3.63) is 41.1 Å². The van der Waals surface area contributed by atoms with Crippen LogP contribution in [0.25, 0.3) is 10.9 Å². The predicted octanol–water partition coefficient (Wildman–Crippen LogP) is 3.02. The number of esters is 1. The van der Waals surface area contributed by atoms with Crippen LogP contribution < -0.4 is 0 Å². The molecule has 5 nitrogen and oxygen atoms in total. The second kappa shape index (κ2) is 6.59. The maximum absolute atomic E-state index is 12.6. The van der Waals surface area contributed by atoms with E-state index in [4.69, 9.17) is 4.74 Å². The van der Waals surface area contributed by atoms with Crippen LogP contribution >= 0.6 is 0 Å². The minimum Gasteiger partial charge on any atom is -0.449 e. The molecule has 1 atom stereocenters. The summed E-state index contributed by atoms with van der Waals surface area (Å²) in [6, 6.07) is 7.70. The van der Waals surface area contributed by atoms with Gasteiger partial charge >= 0.3 is 5.97 Å². The van der Waals surface area contributed by atoms with Crippen LogP contribution in [0, 0.1) is 13.8 Å². The number of aryl methyl sites for hydroxylation is 2. The van der Waals surface area contributed by atoms with Gasteiger partial charge in [-0.3, -0.25) is 9.78 Å². The van der Waals surface area contributed by atoms with Gasteiger partial charge in [0.25, 0.3) is 5.91 Å². The molecule has 0 N–H and O–H groups in total. The molecule has 1 aromatic carbocycles. The van der Waals surface area contributed by atoms with E-state index in [0.717, 1.165) is 42.4 Å². The van der Waals surface area contributed by atoms with E-state index >= 15 is 0 Å². The molecule has 1 aromatic heterocycles. The van der Waals surface area contributed by atoms with E-state index in [0.29, 0.717) is 11.3 Å². The van der Waals surface area contributed by atoms with Crippen molar-refractivity contribution in [2.45, 2.75) is 39.7 Å². The van der Waals surface area contributed by atoms with Gasteiger partial charge in [-0.15, -0.1) is 0 Å². The second-order valence-corrected chi connectivity index (χ2v) is 6.29. The maximum Gasteiger partial charge on any atom is 0.341 e. The Balaban J connectivity index is 1.84. The standard InChI is InChI=1S/C19H22N2O3/c1-12-15-8-4-5-9-16(15)20-13(2)17(12)19(23)24-14(3)18(22)21-10-6-7-11-21/h4-5,8-9,14H,6-7,10-11H2,1-3H3/t14-/m1/s1. The molecular weight excluding hydrogens is 304 g/mol. The lowest BCUT2D eigenvalue weighted by Crippen LogP contribution is -2.38. The summed E-state index contributed by atoms with van der Waals surface area (Å²) < 4.78 is 5.45. The quantitative estimate of drug-likeness (QED) is 0.814. The van der Waals surface area contributed by atoms with Crippen LogP contribution in [0.5, 0.6) is 0 Å². The number of amides is 1. The lowest BCUT2D eigenvalue weighted by Gasteiger charge is -2.21. The van der Waals surface area contributed by atoms with Crippen molar-refractivity contribution in [3.63, 3.8) is 0 Å². The number of fused-ring (bicyclic) bond motifs is 1. The molecule has 0 saturated carbocycles. The summed E-state index contributed by atoms with van der Waals surface area (Å²) in [6.07, 6.45) is 1.25. The minimum absolute atomic E-state index is 0.120. The van der Waals surface area contributed by atoms with Crippen LogP contribution in [0.1, 0.15) is 41.4 Å². The van der Waals surface area contributed by atoms with Crippen molar-refractivity contribution in [1.82, 2.24) is 9.88 Å². The van der Waals surface area contributed by atoms with Crippen molar-refractivity contribution in [2.75, 3.05) is 13.1 Å². The fourth-order valence-corrected chi connectivity index (χ4v) is 3.30. The smallest absolute Gasteiger partial charge is 0.341 e. The molecule has 1 amide bonds. The van der Waals surface area contributed by atoms with Crippen LogP contribution in [0.2, 0.25) is 0 Å². The molecule has 3 rings (SSSR count). The normalized spacial score (nSPS) is 15.5. The highest BCUT2D eigenvalue weighted by atomic mass is 16.5. The number of aromatic nitrogens is 1. The van der Waals surface area contributed by atoms with Gasteiger partial charge < -0.3 is 9.64 Å². The van der Waals surface area contributed by atoms with Gasteiger partial charge in [-0.25, -0.2) is 4.79 Å². The number of ether oxygens (including phenoxy) is 1. The number of nitrogens with zero attached hydrogens (tertiary/aromatic N) is 2. The van der Waals surface area contributed by atoms with Gasteiger partial charge in [0, 0.05) is 18.5 Å². The van der Waals surface area contributed by atoms with Crippen LogP contribution in [-0.4, -0.2) is 41.0 Å². The summed E-state index contributed by atoms with van der Waals surface area (Å²) >= 11 is 0. The zero-order chi connectivity index (χ0) is 17.3. The fourth-order valence-electron chi connectivity index (χ4n) is 3.30. The molecule has 0 aliphatic carbocycles. The molecule has 126 valence electrons. The maximum atomic E-state index is 12.6. The average molecular weight is 326 g/mol. The number of rotatable bonds is 3. The van der Waals surface area contributed by atoms with Crippen molar-refractivity contribution in [2.24, 2.45) is 0 Å². The first-order chi connectivity index (χ1) is 11.5. The van der Waals surface area contributed by atoms with Crippen LogP contribution in [-0.2, 0) is 9.53 Å². The zero-order valence-corrected chi connectivity index (χ0v) is 14.3. The van der Waals surface area contributed by atoms with Gasteiger partial charge in [0.05, 0.1) is 16.8 Å². The molecule has 0 unspecified atom stereocenters. The number of carbonyl (C=O) groups is 2. The van der Waals surface area contributed by atoms with Gasteiger partial charge in [-0.1, -0.05) is 18.2 Å². The van der Waals surface area contributed by atoms with Gasteiger partial charge in [-0.2, -0.15) is 0 Å². The van der Waals surface area contributed by atoms with E-state index in [-0.39, 0.29) is 5.91 Å². The van der Waals surface area contributed by atoms with Crippen LogP contribution in [0.4, 0.5) is 0 Å². The highest BCUT2D eigenvalue weighted by molar-refractivity contribution is 5.99. The SMILES string of the molecule is Cc1nc2ccccc2c(C)c1C(=O)O[C@H](C)C(=O)N1CCCC1. The van der Waals surface area contributed by atoms with Crippen LogP contribution in [0.3, 0.4) is 0 Å². The highest BCUT2D eigenvalue weighted by Gasteiger charge is 2.27. The number of para-hydroxylation sites is 1. The Morgan fingerprint density at radius 3 is 2.54 bits per heavy atom. The molecule has 24 heavy (non-hydrogen) atoms. The molecule has 1 aliphatic rings. The van der Waals surface area contributed by atoms with E-state index in [2.05, 4.69) is 4.98 Å². The molecule has 1 aliphatic heterocycles. The zero-order valence-electron chi connectivity index (χ0n) is 14.3. The average Bonchev–Trinajstić information content (AvgIpc) is 3.08. The summed E-state index contributed by atoms with van der Waals surface area (Å²) in [5.41, 5.74) is 2.76. The van der Waals surface area contributed by atoms with E-state index in [1.54, 1.807) is 18.7 Å². The minimum atomic E-state index is -0.777. The third-order valence-corrected chi connectivity index (χ3v) is 4.59. The van der Waals surface area contributed by atoms with E-state index in [1.807, 2.05) is 31.2 Å². The Labute approximate surface area is 141 Å². The van der Waals surface area contributed by atoms with E-state index in [1.165, 1.54) is 0 Å². The molecule has 5 heteroatoms. The summed E-state index contributed by atoms with van der Waals surface area (Å²) in [6.45, 7) is 6.81. The van der Waals surface area contributed by atoms with Gasteiger partial charge in [0.15, 0.2) is 6.10 Å². The summed E-state index contributed by atoms with van der Waals surface area (Å²) in [5.74, 6) is -0.604. The Kier molecular flexibility index (Phi) is 4.51. The molecule has 0 spiro atoms. The fraction of sp³-hybridized carbons (Fsp3) is 0.421. The number of likely N-dealkylation sites (tertiary alicyclic amines) is 1. The number of benzene rings is 1. The second-order valence-electron chi connectivity index (χ2n) is 6.29. The molecule has 2 heterocycles. The molecule has 1 saturated heterocycles. The first-order valence-corrected chi connectivity index (χ1v) is 8.34. The topological polar surface area (TPSA) is 59.5 Å². The van der Waals surface area contributed by atoms with Crippen molar-refractivity contribution in [1.29, 1.82) is 0 Å². The third kappa shape index (κ3) is 2.98. The first-order valence-electron chi connectivity index (χ1n) is 8.34. The van der Waals surface area contributed by atoms with E-state index in [9.17, 15) is 9.59 Å². The third-order valence-electron chi connectivity index (χ3n) is 4.59. The summed E-state index contributed by atoms with van der Waals surface area (Å²) in [5, 5.41) is 0.925. The van der Waals surface area contributed by atoms with Crippen molar-refractivity contribution in [3.8, 4) is 0 Å². The lowest BCUT2D eigenvalue weighted by atomic mass is 10.0. The highest BCUT2D eigenvalue weighted by Crippen LogP contribution is 2.23. The largest absolute Gasteiger partial charge is 0.449 e. The monoisotopic (exact) mass is 326 g/mol. The summed E-state index contributed by atoms with van der Waals surface area (Å²) in [7, 11) is 0. The van der Waals surface area contributed by atoms with Crippen LogP contribution in [0.15, 0.2) is 24.3 Å². The molecule has 1 fully saturated rings. The Bertz CT molecular complexity index is 795. The number of pyridine rings is 1. The Morgan fingerprint density at radius 2 is 1.83 bits per heavy atom. The molecule has 2 aromatic rings. The number of carbonyl (C=O) groups excluding carboxylic acids is 2. The number of hydrogen-bond donors (Lipinski definition) is 0. The van der Waals surface area contributed by atoms with Crippen molar-refractivity contribution < 1.29 is 14.3 Å². The Hall–Kier alpha value is -2.43. The summed E-state index contributed by atoms with van der Waals surface area (Å²) in [4.78, 5) is 31.2. The Morgan fingerprint density at radius 1 is 1.17 bits per heavy atom. The van der Waals surface area contributed by atoms with Gasteiger partial charge in [0.2, 0.25) is 0 Å².